The fraction of sp³-hybridized carbons (Fsp3) is 0.538. The summed E-state index contributed by atoms with van der Waals surface area (Å²) in [6.07, 6.45) is 5.18. The Balaban J connectivity index is 2.16. The molecule has 0 amide bonds. The van der Waals surface area contributed by atoms with Crippen molar-refractivity contribution in [1.29, 1.82) is 0 Å². The van der Waals surface area contributed by atoms with E-state index in [4.69, 9.17) is 17.3 Å². The summed E-state index contributed by atoms with van der Waals surface area (Å²) in [7, 11) is -3.48. The van der Waals surface area contributed by atoms with Crippen LogP contribution in [-0.4, -0.2) is 14.5 Å². The first-order valence-electron chi connectivity index (χ1n) is 6.54. The van der Waals surface area contributed by atoms with E-state index in [9.17, 15) is 8.42 Å². The monoisotopic (exact) mass is 302 g/mol. The van der Waals surface area contributed by atoms with Gasteiger partial charge in [0.25, 0.3) is 0 Å². The van der Waals surface area contributed by atoms with Crippen LogP contribution in [0.4, 0.5) is 0 Å². The highest BCUT2D eigenvalue weighted by molar-refractivity contribution is 7.89. The molecular weight excluding hydrogens is 284 g/mol. The van der Waals surface area contributed by atoms with E-state index in [-0.39, 0.29) is 10.9 Å². The van der Waals surface area contributed by atoms with Gasteiger partial charge < -0.3 is 5.73 Å². The van der Waals surface area contributed by atoms with Gasteiger partial charge in [-0.2, -0.15) is 0 Å². The Morgan fingerprint density at radius 3 is 2.53 bits per heavy atom. The first kappa shape index (κ1) is 14.8. The Morgan fingerprint density at radius 2 is 1.95 bits per heavy atom. The van der Waals surface area contributed by atoms with Crippen molar-refractivity contribution in [2.75, 3.05) is 0 Å². The maximum absolute atomic E-state index is 12.3. The van der Waals surface area contributed by atoms with Crippen LogP contribution in [-0.2, 0) is 16.6 Å². The number of nitrogens with two attached hydrogens (primary N) is 1. The van der Waals surface area contributed by atoms with Gasteiger partial charge in [0.05, 0.1) is 4.90 Å². The van der Waals surface area contributed by atoms with Crippen molar-refractivity contribution in [3.05, 3.63) is 28.8 Å². The molecule has 0 aliphatic heterocycles. The van der Waals surface area contributed by atoms with E-state index in [1.165, 1.54) is 12.5 Å². The lowest BCUT2D eigenvalue weighted by Gasteiger charge is -2.22. The van der Waals surface area contributed by atoms with Gasteiger partial charge in [-0.15, -0.1) is 0 Å². The minimum atomic E-state index is -3.48. The minimum Gasteiger partial charge on any atom is -0.326 e. The Morgan fingerprint density at radius 1 is 1.26 bits per heavy atom. The van der Waals surface area contributed by atoms with Gasteiger partial charge in [0, 0.05) is 17.6 Å². The van der Waals surface area contributed by atoms with Gasteiger partial charge in [0.15, 0.2) is 0 Å². The van der Waals surface area contributed by atoms with Crippen molar-refractivity contribution in [1.82, 2.24) is 4.72 Å². The molecule has 0 heterocycles. The number of nitrogens with one attached hydrogen (secondary N) is 1. The molecule has 106 valence electrons. The van der Waals surface area contributed by atoms with Crippen LogP contribution in [0.1, 0.15) is 37.7 Å². The molecule has 19 heavy (non-hydrogen) atoms. The van der Waals surface area contributed by atoms with E-state index < -0.39 is 10.0 Å². The molecule has 1 saturated carbocycles. The number of hydrogen-bond donors (Lipinski definition) is 2. The van der Waals surface area contributed by atoms with Gasteiger partial charge in [-0.1, -0.05) is 36.9 Å². The van der Waals surface area contributed by atoms with E-state index in [0.29, 0.717) is 11.6 Å². The number of benzene rings is 1. The summed E-state index contributed by atoms with van der Waals surface area (Å²) in [6, 6.07) is 4.73. The molecule has 0 saturated heterocycles. The molecule has 0 aromatic heterocycles. The average molecular weight is 303 g/mol. The fourth-order valence-corrected chi connectivity index (χ4v) is 4.02. The van der Waals surface area contributed by atoms with Crippen LogP contribution < -0.4 is 10.5 Å². The summed E-state index contributed by atoms with van der Waals surface area (Å²) in [5.41, 5.74) is 6.26. The van der Waals surface area contributed by atoms with Crippen LogP contribution in [0.5, 0.6) is 0 Å². The maximum Gasteiger partial charge on any atom is 0.240 e. The number of hydrogen-bond acceptors (Lipinski definition) is 3. The van der Waals surface area contributed by atoms with Crippen LogP contribution in [0.15, 0.2) is 23.1 Å². The molecule has 2 rings (SSSR count). The van der Waals surface area contributed by atoms with E-state index >= 15 is 0 Å². The SMILES string of the molecule is NCc1ccc(S(=O)(=O)NC2CCCCC2)cc1Cl. The second-order valence-electron chi connectivity index (χ2n) is 4.91. The van der Waals surface area contributed by atoms with Crippen LogP contribution >= 0.6 is 11.6 Å². The molecule has 0 atom stereocenters. The highest BCUT2D eigenvalue weighted by Crippen LogP contribution is 2.23. The minimum absolute atomic E-state index is 0.0479. The molecule has 0 spiro atoms. The van der Waals surface area contributed by atoms with Crippen molar-refractivity contribution in [3.63, 3.8) is 0 Å². The summed E-state index contributed by atoms with van der Waals surface area (Å²) in [5, 5.41) is 0.397. The van der Waals surface area contributed by atoms with Crippen LogP contribution in [0.2, 0.25) is 5.02 Å². The zero-order valence-electron chi connectivity index (χ0n) is 10.7. The van der Waals surface area contributed by atoms with Gasteiger partial charge in [-0.25, -0.2) is 13.1 Å². The predicted octanol–water partition coefficient (Wildman–Crippen LogP) is 2.41. The van der Waals surface area contributed by atoms with Crippen molar-refractivity contribution >= 4 is 21.6 Å². The quantitative estimate of drug-likeness (QED) is 0.897. The summed E-state index contributed by atoms with van der Waals surface area (Å²) < 4.78 is 27.3. The van der Waals surface area contributed by atoms with Gasteiger partial charge in [-0.05, 0) is 30.5 Å². The van der Waals surface area contributed by atoms with Crippen molar-refractivity contribution in [2.24, 2.45) is 5.73 Å². The van der Waals surface area contributed by atoms with E-state index in [2.05, 4.69) is 4.72 Å². The Bertz CT molecular complexity index is 540. The third-order valence-electron chi connectivity index (χ3n) is 3.48. The zero-order chi connectivity index (χ0) is 13.9. The molecule has 0 bridgehead atoms. The summed E-state index contributed by atoms with van der Waals surface area (Å²) >= 11 is 6.01. The molecule has 1 fully saturated rings. The first-order chi connectivity index (χ1) is 9.03. The molecule has 3 N–H and O–H groups in total. The lowest BCUT2D eigenvalue weighted by molar-refractivity contribution is 0.412. The molecular formula is C13H19ClN2O2S. The van der Waals surface area contributed by atoms with Gasteiger partial charge >= 0.3 is 0 Å². The standard InChI is InChI=1S/C13H19ClN2O2S/c14-13-8-12(7-6-10(13)9-15)19(17,18)16-11-4-2-1-3-5-11/h6-8,11,16H,1-5,9,15H2. The maximum atomic E-state index is 12.3. The van der Waals surface area contributed by atoms with Gasteiger partial charge in [-0.3, -0.25) is 0 Å². The highest BCUT2D eigenvalue weighted by Gasteiger charge is 2.22. The third-order valence-corrected chi connectivity index (χ3v) is 5.35. The van der Waals surface area contributed by atoms with Crippen molar-refractivity contribution in [3.8, 4) is 0 Å². The molecule has 4 nitrogen and oxygen atoms in total. The second kappa shape index (κ2) is 6.22. The smallest absolute Gasteiger partial charge is 0.240 e. The average Bonchev–Trinajstić information content (AvgIpc) is 2.39. The van der Waals surface area contributed by atoms with Crippen LogP contribution in [0.3, 0.4) is 0 Å². The molecule has 0 radical (unpaired) electrons. The Labute approximate surface area is 119 Å². The molecule has 1 aromatic rings. The Kier molecular flexibility index (Phi) is 4.84. The third kappa shape index (κ3) is 3.69. The Hall–Kier alpha value is -0.620. The lowest BCUT2D eigenvalue weighted by Crippen LogP contribution is -2.36. The molecule has 1 aromatic carbocycles. The highest BCUT2D eigenvalue weighted by atomic mass is 35.5. The van der Waals surface area contributed by atoms with E-state index in [0.717, 1.165) is 31.2 Å². The van der Waals surface area contributed by atoms with Gasteiger partial charge in [0.2, 0.25) is 10.0 Å². The number of halogens is 1. The summed E-state index contributed by atoms with van der Waals surface area (Å²) in [5.74, 6) is 0. The van der Waals surface area contributed by atoms with Gasteiger partial charge in [0.1, 0.15) is 0 Å². The van der Waals surface area contributed by atoms with E-state index in [1.807, 2.05) is 0 Å². The van der Waals surface area contributed by atoms with E-state index in [1.54, 1.807) is 12.1 Å². The zero-order valence-corrected chi connectivity index (χ0v) is 12.3. The summed E-state index contributed by atoms with van der Waals surface area (Å²) in [6.45, 7) is 0.301. The molecule has 1 aliphatic carbocycles. The normalized spacial score (nSPS) is 17.6. The molecule has 1 aliphatic rings. The number of rotatable bonds is 4. The first-order valence-corrected chi connectivity index (χ1v) is 8.40. The molecule has 0 unspecified atom stereocenters. The largest absolute Gasteiger partial charge is 0.326 e. The fourth-order valence-electron chi connectivity index (χ4n) is 2.37. The summed E-state index contributed by atoms with van der Waals surface area (Å²) in [4.78, 5) is 0.209. The number of sulfonamides is 1. The second-order valence-corrected chi connectivity index (χ2v) is 7.03. The predicted molar refractivity (Wildman–Crippen MR) is 76.5 cm³/mol. The van der Waals surface area contributed by atoms with Crippen molar-refractivity contribution < 1.29 is 8.42 Å². The van der Waals surface area contributed by atoms with Crippen LogP contribution in [0, 0.1) is 0 Å². The van der Waals surface area contributed by atoms with Crippen molar-refractivity contribution in [2.45, 2.75) is 49.6 Å². The van der Waals surface area contributed by atoms with Crippen LogP contribution in [0.25, 0.3) is 0 Å². The lowest BCUT2D eigenvalue weighted by atomic mass is 9.96. The molecule has 6 heteroatoms. The topological polar surface area (TPSA) is 72.2 Å².